The summed E-state index contributed by atoms with van der Waals surface area (Å²) in [5.74, 6) is -0.587. The highest BCUT2D eigenvalue weighted by Crippen LogP contribution is 2.25. The first-order chi connectivity index (χ1) is 9.92. The van der Waals surface area contributed by atoms with Crippen LogP contribution in [0.2, 0.25) is 5.02 Å². The molecule has 2 aromatic rings. The maximum absolute atomic E-state index is 13.1. The molecule has 0 saturated carbocycles. The fourth-order valence-corrected chi connectivity index (χ4v) is 2.88. The lowest BCUT2D eigenvalue weighted by Crippen LogP contribution is -2.13. The molecular weight excluding hydrogens is 319 g/mol. The standard InChI is InChI=1S/C12H14ClFN4O2S/c13-11-3-2-9(14)6-12(11)17-21(19,20)10-7-16-18(8-10)5-1-4-15/h2-3,6-8,17H,1,4-5,15H2. The molecule has 0 bridgehead atoms. The van der Waals surface area contributed by atoms with E-state index >= 15 is 0 Å². The molecule has 0 aliphatic carbocycles. The minimum atomic E-state index is -3.87. The van der Waals surface area contributed by atoms with E-state index in [2.05, 4.69) is 9.82 Å². The topological polar surface area (TPSA) is 90.0 Å². The third-order valence-corrected chi connectivity index (χ3v) is 4.33. The van der Waals surface area contributed by atoms with Crippen molar-refractivity contribution >= 4 is 27.3 Å². The Morgan fingerprint density at radius 2 is 2.19 bits per heavy atom. The number of nitrogens with two attached hydrogens (primary N) is 1. The smallest absolute Gasteiger partial charge is 0.265 e. The summed E-state index contributed by atoms with van der Waals surface area (Å²) in [7, 11) is -3.87. The second-order valence-corrected chi connectivity index (χ2v) is 6.40. The first-order valence-electron chi connectivity index (χ1n) is 6.13. The molecule has 0 atom stereocenters. The van der Waals surface area contributed by atoms with Crippen LogP contribution < -0.4 is 10.5 Å². The van der Waals surface area contributed by atoms with Crippen LogP contribution in [-0.4, -0.2) is 24.7 Å². The summed E-state index contributed by atoms with van der Waals surface area (Å²) in [4.78, 5) is -0.0279. The van der Waals surface area contributed by atoms with E-state index in [1.807, 2.05) is 0 Å². The number of nitrogens with one attached hydrogen (secondary N) is 1. The number of halogens is 2. The summed E-state index contributed by atoms with van der Waals surface area (Å²) in [6.45, 7) is 1.01. The third kappa shape index (κ3) is 3.93. The quantitative estimate of drug-likeness (QED) is 0.844. The largest absolute Gasteiger partial charge is 0.330 e. The van der Waals surface area contributed by atoms with Crippen LogP contribution >= 0.6 is 11.6 Å². The minimum Gasteiger partial charge on any atom is -0.330 e. The lowest BCUT2D eigenvalue weighted by Gasteiger charge is -2.08. The third-order valence-electron chi connectivity index (χ3n) is 2.68. The maximum atomic E-state index is 13.1. The highest BCUT2D eigenvalue weighted by molar-refractivity contribution is 7.92. The van der Waals surface area contributed by atoms with Crippen LogP contribution in [0, 0.1) is 5.82 Å². The van der Waals surface area contributed by atoms with Gasteiger partial charge in [0.1, 0.15) is 10.7 Å². The van der Waals surface area contributed by atoms with E-state index in [0.29, 0.717) is 19.5 Å². The molecule has 0 saturated heterocycles. The Labute approximate surface area is 126 Å². The molecule has 1 aromatic carbocycles. The minimum absolute atomic E-state index is 0.0219. The van der Waals surface area contributed by atoms with Crippen LogP contribution in [0.25, 0.3) is 0 Å². The van der Waals surface area contributed by atoms with Gasteiger partial charge in [-0.2, -0.15) is 5.10 Å². The number of hydrogen-bond acceptors (Lipinski definition) is 4. The Balaban J connectivity index is 2.22. The SMILES string of the molecule is NCCCn1cc(S(=O)(=O)Nc2cc(F)ccc2Cl)cn1. The van der Waals surface area contributed by atoms with Crippen molar-refractivity contribution in [1.29, 1.82) is 0 Å². The van der Waals surface area contributed by atoms with Crippen molar-refractivity contribution in [3.63, 3.8) is 0 Å². The van der Waals surface area contributed by atoms with Gasteiger partial charge in [-0.1, -0.05) is 11.6 Å². The fourth-order valence-electron chi connectivity index (χ4n) is 1.64. The molecule has 0 unspecified atom stereocenters. The lowest BCUT2D eigenvalue weighted by molar-refractivity contribution is 0.582. The summed E-state index contributed by atoms with van der Waals surface area (Å²) in [5, 5.41) is 4.04. The molecule has 0 spiro atoms. The zero-order valence-electron chi connectivity index (χ0n) is 11.0. The van der Waals surface area contributed by atoms with Crippen LogP contribution in [0.15, 0.2) is 35.5 Å². The number of sulfonamides is 1. The van der Waals surface area contributed by atoms with E-state index in [0.717, 1.165) is 12.1 Å². The molecule has 2 rings (SSSR count). The van der Waals surface area contributed by atoms with E-state index in [-0.39, 0.29) is 15.6 Å². The predicted molar refractivity (Wildman–Crippen MR) is 78.1 cm³/mol. The van der Waals surface area contributed by atoms with Crippen LogP contribution in [-0.2, 0) is 16.6 Å². The van der Waals surface area contributed by atoms with Gasteiger partial charge >= 0.3 is 0 Å². The molecular formula is C12H14ClFN4O2S. The molecule has 0 amide bonds. The van der Waals surface area contributed by atoms with Gasteiger partial charge in [0, 0.05) is 12.7 Å². The number of nitrogens with zero attached hydrogens (tertiary/aromatic N) is 2. The van der Waals surface area contributed by atoms with Gasteiger partial charge in [0.2, 0.25) is 0 Å². The van der Waals surface area contributed by atoms with Crippen LogP contribution in [0.1, 0.15) is 6.42 Å². The van der Waals surface area contributed by atoms with E-state index in [1.54, 1.807) is 0 Å². The molecule has 21 heavy (non-hydrogen) atoms. The molecule has 0 fully saturated rings. The van der Waals surface area contributed by atoms with Gasteiger partial charge in [-0.25, -0.2) is 12.8 Å². The Morgan fingerprint density at radius 3 is 2.90 bits per heavy atom. The van der Waals surface area contributed by atoms with Gasteiger partial charge in [0.15, 0.2) is 0 Å². The Morgan fingerprint density at radius 1 is 1.43 bits per heavy atom. The predicted octanol–water partition coefficient (Wildman–Crippen LogP) is 1.83. The summed E-state index contributed by atoms with van der Waals surface area (Å²) in [5.41, 5.74) is 5.36. The summed E-state index contributed by atoms with van der Waals surface area (Å²) < 4.78 is 41.2. The first kappa shape index (κ1) is 15.7. The molecule has 0 aliphatic rings. The normalized spacial score (nSPS) is 11.6. The van der Waals surface area contributed by atoms with Crippen molar-refractivity contribution in [1.82, 2.24) is 9.78 Å². The van der Waals surface area contributed by atoms with Crippen LogP contribution in [0.5, 0.6) is 0 Å². The summed E-state index contributed by atoms with van der Waals surface area (Å²) in [6, 6.07) is 3.43. The summed E-state index contributed by atoms with van der Waals surface area (Å²) in [6.07, 6.45) is 3.28. The number of rotatable bonds is 6. The van der Waals surface area contributed by atoms with Gasteiger partial charge in [0.25, 0.3) is 10.0 Å². The number of aryl methyl sites for hydroxylation is 1. The zero-order chi connectivity index (χ0) is 15.5. The second-order valence-electron chi connectivity index (χ2n) is 4.31. The number of anilines is 1. The lowest BCUT2D eigenvalue weighted by atomic mass is 10.3. The van der Waals surface area contributed by atoms with Crippen molar-refractivity contribution in [3.8, 4) is 0 Å². The molecule has 0 aliphatic heterocycles. The van der Waals surface area contributed by atoms with E-state index in [1.165, 1.54) is 23.1 Å². The van der Waals surface area contributed by atoms with Gasteiger partial charge in [-0.3, -0.25) is 9.40 Å². The molecule has 0 radical (unpaired) electrons. The number of aromatic nitrogens is 2. The molecule has 9 heteroatoms. The average Bonchev–Trinajstić information content (AvgIpc) is 2.90. The van der Waals surface area contributed by atoms with Gasteiger partial charge < -0.3 is 5.73 Å². The van der Waals surface area contributed by atoms with Crippen molar-refractivity contribution in [2.45, 2.75) is 17.9 Å². The van der Waals surface area contributed by atoms with Gasteiger partial charge in [0.05, 0.1) is 16.9 Å². The Bertz CT molecular complexity index is 733. The van der Waals surface area contributed by atoms with E-state index in [9.17, 15) is 12.8 Å². The molecule has 6 nitrogen and oxygen atoms in total. The van der Waals surface area contributed by atoms with Crippen molar-refractivity contribution < 1.29 is 12.8 Å². The molecule has 1 aromatic heterocycles. The fraction of sp³-hybridized carbons (Fsp3) is 0.250. The van der Waals surface area contributed by atoms with E-state index in [4.69, 9.17) is 17.3 Å². The highest BCUT2D eigenvalue weighted by Gasteiger charge is 2.18. The zero-order valence-corrected chi connectivity index (χ0v) is 12.5. The van der Waals surface area contributed by atoms with E-state index < -0.39 is 15.8 Å². The Kier molecular flexibility index (Phi) is 4.81. The number of hydrogen-bond donors (Lipinski definition) is 2. The second kappa shape index (κ2) is 6.42. The van der Waals surface area contributed by atoms with Crippen molar-refractivity contribution in [2.75, 3.05) is 11.3 Å². The molecule has 1 heterocycles. The van der Waals surface area contributed by atoms with Gasteiger partial charge in [-0.15, -0.1) is 0 Å². The number of benzene rings is 1. The highest BCUT2D eigenvalue weighted by atomic mass is 35.5. The molecule has 114 valence electrons. The van der Waals surface area contributed by atoms with Gasteiger partial charge in [-0.05, 0) is 31.2 Å². The average molecular weight is 333 g/mol. The van der Waals surface area contributed by atoms with Crippen molar-refractivity contribution in [3.05, 3.63) is 41.4 Å². The molecule has 3 N–H and O–H groups in total. The maximum Gasteiger partial charge on any atom is 0.265 e. The van der Waals surface area contributed by atoms with Crippen LogP contribution in [0.3, 0.4) is 0 Å². The summed E-state index contributed by atoms with van der Waals surface area (Å²) >= 11 is 5.84. The monoisotopic (exact) mass is 332 g/mol. The van der Waals surface area contributed by atoms with Crippen LogP contribution in [0.4, 0.5) is 10.1 Å². The first-order valence-corrected chi connectivity index (χ1v) is 7.99. The Hall–Kier alpha value is -1.64. The van der Waals surface area contributed by atoms with Crippen molar-refractivity contribution in [2.24, 2.45) is 5.73 Å².